The van der Waals surface area contributed by atoms with E-state index in [-0.39, 0.29) is 24.4 Å². The van der Waals surface area contributed by atoms with Crippen LogP contribution in [0.25, 0.3) is 10.2 Å². The van der Waals surface area contributed by atoms with Crippen molar-refractivity contribution in [3.63, 3.8) is 0 Å². The molecule has 2 aromatic rings. The first-order chi connectivity index (χ1) is 12.2. The Balaban J connectivity index is 2.43. The molecule has 0 aliphatic rings. The van der Waals surface area contributed by atoms with Crippen LogP contribution in [-0.4, -0.2) is 63.9 Å². The molecule has 142 valence electrons. The topological polar surface area (TPSA) is 107 Å². The summed E-state index contributed by atoms with van der Waals surface area (Å²) in [4.78, 5) is 47.8. The van der Waals surface area contributed by atoms with E-state index in [4.69, 9.17) is 5.11 Å². The molecule has 2 aromatic heterocycles. The summed E-state index contributed by atoms with van der Waals surface area (Å²) in [5, 5.41) is 9.32. The lowest BCUT2D eigenvalue weighted by molar-refractivity contribution is -0.137. The molecule has 0 bridgehead atoms. The third kappa shape index (κ3) is 4.47. The van der Waals surface area contributed by atoms with E-state index in [0.717, 1.165) is 6.42 Å². The normalized spacial score (nSPS) is 11.3. The predicted molar refractivity (Wildman–Crippen MR) is 101 cm³/mol. The Morgan fingerprint density at radius 2 is 1.96 bits per heavy atom. The quantitative estimate of drug-likeness (QED) is 0.722. The van der Waals surface area contributed by atoms with E-state index in [2.05, 4.69) is 9.97 Å². The number of aromatic nitrogens is 2. The van der Waals surface area contributed by atoms with E-state index in [9.17, 15) is 14.4 Å². The van der Waals surface area contributed by atoms with E-state index in [1.165, 1.54) is 16.2 Å². The second-order valence-electron chi connectivity index (χ2n) is 6.42. The molecule has 8 nitrogen and oxygen atoms in total. The van der Waals surface area contributed by atoms with Gasteiger partial charge in [0.15, 0.2) is 0 Å². The summed E-state index contributed by atoms with van der Waals surface area (Å²) in [5.41, 5.74) is 0.337. The van der Waals surface area contributed by atoms with Gasteiger partial charge in [-0.05, 0) is 33.0 Å². The molecule has 0 fully saturated rings. The van der Waals surface area contributed by atoms with Crippen LogP contribution >= 0.6 is 11.3 Å². The van der Waals surface area contributed by atoms with Gasteiger partial charge in [-0.2, -0.15) is 0 Å². The van der Waals surface area contributed by atoms with Crippen LogP contribution in [0.15, 0.2) is 4.79 Å². The van der Waals surface area contributed by atoms with Gasteiger partial charge in [0.25, 0.3) is 11.5 Å². The maximum absolute atomic E-state index is 12.9. The zero-order valence-electron chi connectivity index (χ0n) is 15.5. The minimum absolute atomic E-state index is 0.110. The van der Waals surface area contributed by atoms with Gasteiger partial charge in [-0.15, -0.1) is 11.3 Å². The molecule has 0 radical (unpaired) electrons. The highest BCUT2D eigenvalue weighted by molar-refractivity contribution is 7.20. The zero-order valence-corrected chi connectivity index (χ0v) is 16.3. The fraction of sp³-hybridized carbons (Fsp3) is 0.529. The molecule has 0 aromatic carbocycles. The number of nitrogens with one attached hydrogen (secondary N) is 1. The summed E-state index contributed by atoms with van der Waals surface area (Å²) in [6, 6.07) is 0. The number of hydrogen-bond acceptors (Lipinski definition) is 6. The predicted octanol–water partition coefficient (Wildman–Crippen LogP) is 1.68. The Morgan fingerprint density at radius 1 is 1.27 bits per heavy atom. The van der Waals surface area contributed by atoms with Crippen LogP contribution in [0.4, 0.5) is 0 Å². The summed E-state index contributed by atoms with van der Waals surface area (Å²) >= 11 is 1.19. The van der Waals surface area contributed by atoms with E-state index in [1.54, 1.807) is 6.92 Å². The van der Waals surface area contributed by atoms with Crippen LogP contribution in [0.1, 0.15) is 40.8 Å². The lowest BCUT2D eigenvalue weighted by atomic mass is 10.2. The standard InChI is InChI=1S/C17H24N4O4S/c1-5-7-21(8-6-12(22)23)17(25)14-10(2)13-15(24)18-11(9-20(3)4)19-16(13)26-14/h5-9H2,1-4H3,(H,22,23)(H,18,19,24). The van der Waals surface area contributed by atoms with Crippen molar-refractivity contribution in [3.8, 4) is 0 Å². The second kappa shape index (κ2) is 8.41. The van der Waals surface area contributed by atoms with Crippen LogP contribution in [0.3, 0.4) is 0 Å². The highest BCUT2D eigenvalue weighted by Crippen LogP contribution is 2.28. The molecule has 0 spiro atoms. The maximum atomic E-state index is 12.9. The SMILES string of the molecule is CCCN(CCC(=O)O)C(=O)c1sc2nc(CN(C)C)[nH]c(=O)c2c1C. The van der Waals surface area contributed by atoms with Crippen molar-refractivity contribution in [3.05, 3.63) is 26.6 Å². The maximum Gasteiger partial charge on any atom is 0.305 e. The van der Waals surface area contributed by atoms with E-state index in [0.29, 0.717) is 39.6 Å². The fourth-order valence-corrected chi connectivity index (χ4v) is 3.89. The van der Waals surface area contributed by atoms with Crippen molar-refractivity contribution in [2.45, 2.75) is 33.2 Å². The Labute approximate surface area is 155 Å². The number of thiophene rings is 1. The van der Waals surface area contributed by atoms with Crippen LogP contribution in [0.2, 0.25) is 0 Å². The lowest BCUT2D eigenvalue weighted by Gasteiger charge is -2.20. The molecular weight excluding hydrogens is 356 g/mol. The van der Waals surface area contributed by atoms with Gasteiger partial charge in [-0.3, -0.25) is 14.4 Å². The largest absolute Gasteiger partial charge is 0.481 e. The number of carbonyl (C=O) groups excluding carboxylic acids is 1. The molecule has 0 saturated carbocycles. The third-order valence-corrected chi connectivity index (χ3v) is 5.06. The number of aliphatic carboxylic acids is 1. The number of aryl methyl sites for hydroxylation is 1. The first-order valence-electron chi connectivity index (χ1n) is 8.42. The Morgan fingerprint density at radius 3 is 2.54 bits per heavy atom. The van der Waals surface area contributed by atoms with Crippen LogP contribution in [0.5, 0.6) is 0 Å². The molecule has 1 amide bonds. The van der Waals surface area contributed by atoms with Crippen molar-refractivity contribution in [1.82, 2.24) is 19.8 Å². The number of carboxylic acid groups (broad SMARTS) is 1. The first kappa shape index (κ1) is 20.1. The number of aromatic amines is 1. The summed E-state index contributed by atoms with van der Waals surface area (Å²) in [6.07, 6.45) is 0.614. The van der Waals surface area contributed by atoms with Crippen LogP contribution < -0.4 is 5.56 Å². The molecule has 0 aliphatic carbocycles. The van der Waals surface area contributed by atoms with Crippen molar-refractivity contribution >= 4 is 33.4 Å². The average Bonchev–Trinajstić information content (AvgIpc) is 2.87. The summed E-state index contributed by atoms with van der Waals surface area (Å²) < 4.78 is 0. The molecule has 0 aliphatic heterocycles. The Hall–Kier alpha value is -2.26. The van der Waals surface area contributed by atoms with E-state index in [1.807, 2.05) is 25.9 Å². The van der Waals surface area contributed by atoms with Crippen molar-refractivity contribution < 1.29 is 14.7 Å². The highest BCUT2D eigenvalue weighted by Gasteiger charge is 2.23. The summed E-state index contributed by atoms with van der Waals surface area (Å²) in [7, 11) is 3.76. The van der Waals surface area contributed by atoms with Gasteiger partial charge in [0, 0.05) is 13.1 Å². The number of carbonyl (C=O) groups is 2. The molecule has 26 heavy (non-hydrogen) atoms. The third-order valence-electron chi connectivity index (χ3n) is 3.89. The minimum atomic E-state index is -0.946. The smallest absolute Gasteiger partial charge is 0.305 e. The zero-order chi connectivity index (χ0) is 19.4. The molecule has 2 rings (SSSR count). The van der Waals surface area contributed by atoms with Crippen molar-refractivity contribution in [1.29, 1.82) is 0 Å². The first-order valence-corrected chi connectivity index (χ1v) is 9.24. The summed E-state index contributed by atoms with van der Waals surface area (Å²) in [5.74, 6) is -0.649. The number of H-pyrrole nitrogens is 1. The number of hydrogen-bond donors (Lipinski definition) is 2. The summed E-state index contributed by atoms with van der Waals surface area (Å²) in [6.45, 7) is 4.77. The minimum Gasteiger partial charge on any atom is -0.481 e. The molecule has 0 atom stereocenters. The van der Waals surface area contributed by atoms with Crippen LogP contribution in [0, 0.1) is 6.92 Å². The van der Waals surface area contributed by atoms with Gasteiger partial charge in [-0.1, -0.05) is 6.92 Å². The van der Waals surface area contributed by atoms with Gasteiger partial charge < -0.3 is 19.9 Å². The van der Waals surface area contributed by atoms with Gasteiger partial charge in [0.05, 0.1) is 23.2 Å². The number of fused-ring (bicyclic) bond motifs is 1. The number of carboxylic acids is 1. The van der Waals surface area contributed by atoms with Gasteiger partial charge in [-0.25, -0.2) is 4.98 Å². The van der Waals surface area contributed by atoms with E-state index >= 15 is 0 Å². The molecule has 9 heteroatoms. The van der Waals surface area contributed by atoms with Crippen molar-refractivity contribution in [2.24, 2.45) is 0 Å². The molecule has 0 unspecified atom stereocenters. The van der Waals surface area contributed by atoms with Gasteiger partial charge >= 0.3 is 5.97 Å². The number of nitrogens with zero attached hydrogens (tertiary/aromatic N) is 3. The van der Waals surface area contributed by atoms with Gasteiger partial charge in [0.1, 0.15) is 10.7 Å². The van der Waals surface area contributed by atoms with Gasteiger partial charge in [0.2, 0.25) is 0 Å². The fourth-order valence-electron chi connectivity index (χ4n) is 2.73. The monoisotopic (exact) mass is 380 g/mol. The molecular formula is C17H24N4O4S. The number of amides is 1. The van der Waals surface area contributed by atoms with Crippen molar-refractivity contribution in [2.75, 3.05) is 27.2 Å². The molecule has 2 N–H and O–H groups in total. The number of rotatable bonds is 8. The second-order valence-corrected chi connectivity index (χ2v) is 7.42. The average molecular weight is 380 g/mol. The Kier molecular flexibility index (Phi) is 6.49. The lowest BCUT2D eigenvalue weighted by Crippen LogP contribution is -2.33. The van der Waals surface area contributed by atoms with E-state index < -0.39 is 5.97 Å². The van der Waals surface area contributed by atoms with Crippen LogP contribution in [-0.2, 0) is 11.3 Å². The highest BCUT2D eigenvalue weighted by atomic mass is 32.1. The Bertz CT molecular complexity index is 872. The molecule has 2 heterocycles. The molecule has 0 saturated heterocycles.